The summed E-state index contributed by atoms with van der Waals surface area (Å²) in [5, 5.41) is 11.4. The molecule has 0 radical (unpaired) electrons. The molecule has 1 fully saturated rings. The van der Waals surface area contributed by atoms with Gasteiger partial charge in [-0.2, -0.15) is 0 Å². The molecule has 3 heterocycles. The Hall–Kier alpha value is -1.36. The monoisotopic (exact) mass is 220 g/mol. The van der Waals surface area contributed by atoms with Crippen LogP contribution in [0, 0.1) is 5.92 Å². The van der Waals surface area contributed by atoms with Crippen LogP contribution in [-0.4, -0.2) is 27.3 Å². The Kier molecular flexibility index (Phi) is 2.21. The van der Waals surface area contributed by atoms with Gasteiger partial charge in [0.25, 0.3) is 0 Å². The van der Waals surface area contributed by atoms with Gasteiger partial charge in [0.05, 0.1) is 6.17 Å². The Balaban J connectivity index is 1.91. The molecule has 1 saturated heterocycles. The molecule has 0 amide bonds. The second kappa shape index (κ2) is 3.59. The second-order valence-corrected chi connectivity index (χ2v) is 4.69. The van der Waals surface area contributed by atoms with E-state index in [2.05, 4.69) is 46.5 Å². The molecule has 5 nitrogen and oxygen atoms in total. The van der Waals surface area contributed by atoms with Crippen LogP contribution >= 0.6 is 0 Å². The molecule has 0 bridgehead atoms. The van der Waals surface area contributed by atoms with E-state index in [-0.39, 0.29) is 6.04 Å². The number of allylic oxidation sites excluding steroid dienone is 1. The van der Waals surface area contributed by atoms with Crippen LogP contribution in [0.3, 0.4) is 0 Å². The number of aromatic nitrogens is 2. The Morgan fingerprint density at radius 1 is 1.50 bits per heavy atom. The topological polar surface area (TPSA) is 54.2 Å². The van der Waals surface area contributed by atoms with Crippen molar-refractivity contribution >= 4 is 0 Å². The van der Waals surface area contributed by atoms with Crippen molar-refractivity contribution in [2.24, 2.45) is 5.92 Å². The van der Waals surface area contributed by atoms with E-state index in [9.17, 15) is 0 Å². The first-order valence-corrected chi connectivity index (χ1v) is 5.73. The standard InChI is InChI=1S/C11H16N4O/c1-7-3-4-15-9(5-7)13-8(2)10(15)11-14-12-6-16-11/h3-4,6-10,13H,5H2,1-2H3. The maximum atomic E-state index is 5.33. The minimum atomic E-state index is 0.163. The average Bonchev–Trinajstić information content (AvgIpc) is 2.83. The molecule has 5 heteroatoms. The maximum Gasteiger partial charge on any atom is 0.240 e. The Bertz CT molecular complexity index is 389. The second-order valence-electron chi connectivity index (χ2n) is 4.69. The lowest BCUT2D eigenvalue weighted by Crippen LogP contribution is -2.37. The highest BCUT2D eigenvalue weighted by Crippen LogP contribution is 2.35. The number of rotatable bonds is 1. The van der Waals surface area contributed by atoms with Gasteiger partial charge in [0.15, 0.2) is 0 Å². The molecule has 2 aliphatic heterocycles. The zero-order valence-electron chi connectivity index (χ0n) is 9.50. The quantitative estimate of drug-likeness (QED) is 0.772. The van der Waals surface area contributed by atoms with Gasteiger partial charge >= 0.3 is 0 Å². The molecular formula is C11H16N4O. The van der Waals surface area contributed by atoms with Gasteiger partial charge in [-0.3, -0.25) is 5.32 Å². The lowest BCUT2D eigenvalue weighted by molar-refractivity contribution is 0.203. The van der Waals surface area contributed by atoms with E-state index < -0.39 is 0 Å². The fourth-order valence-electron chi connectivity index (χ4n) is 2.65. The zero-order valence-corrected chi connectivity index (χ0v) is 9.50. The van der Waals surface area contributed by atoms with E-state index in [1.54, 1.807) is 0 Å². The molecule has 0 aliphatic carbocycles. The van der Waals surface area contributed by atoms with Crippen molar-refractivity contribution < 1.29 is 4.42 Å². The summed E-state index contributed by atoms with van der Waals surface area (Å²) in [4.78, 5) is 2.29. The first-order chi connectivity index (χ1) is 7.75. The van der Waals surface area contributed by atoms with E-state index in [1.165, 1.54) is 6.39 Å². The van der Waals surface area contributed by atoms with E-state index >= 15 is 0 Å². The van der Waals surface area contributed by atoms with E-state index in [0.717, 1.165) is 6.42 Å². The highest BCUT2D eigenvalue weighted by molar-refractivity contribution is 5.09. The average molecular weight is 220 g/mol. The smallest absolute Gasteiger partial charge is 0.240 e. The van der Waals surface area contributed by atoms with Gasteiger partial charge in [-0.25, -0.2) is 0 Å². The highest BCUT2D eigenvalue weighted by atomic mass is 16.4. The molecule has 4 atom stereocenters. The Labute approximate surface area is 94.5 Å². The summed E-state index contributed by atoms with van der Waals surface area (Å²) in [6.45, 7) is 4.39. The molecule has 2 aliphatic rings. The molecule has 1 aromatic rings. The molecule has 0 spiro atoms. The molecule has 3 rings (SSSR count). The van der Waals surface area contributed by atoms with Crippen molar-refractivity contribution in [1.29, 1.82) is 0 Å². The predicted octanol–water partition coefficient (Wildman–Crippen LogP) is 1.28. The van der Waals surface area contributed by atoms with Gasteiger partial charge in [0.1, 0.15) is 6.04 Å². The van der Waals surface area contributed by atoms with Crippen molar-refractivity contribution in [3.63, 3.8) is 0 Å². The summed E-state index contributed by atoms with van der Waals surface area (Å²) in [5.41, 5.74) is 0. The van der Waals surface area contributed by atoms with Crippen LogP contribution < -0.4 is 5.32 Å². The van der Waals surface area contributed by atoms with Gasteiger partial charge in [-0.1, -0.05) is 13.0 Å². The molecule has 0 aromatic carbocycles. The normalized spacial score (nSPS) is 37.8. The van der Waals surface area contributed by atoms with Crippen LogP contribution in [-0.2, 0) is 0 Å². The summed E-state index contributed by atoms with van der Waals surface area (Å²) < 4.78 is 5.33. The van der Waals surface area contributed by atoms with Crippen LogP contribution in [0.5, 0.6) is 0 Å². The predicted molar refractivity (Wildman–Crippen MR) is 58.2 cm³/mol. The van der Waals surface area contributed by atoms with Crippen LogP contribution in [0.2, 0.25) is 0 Å². The van der Waals surface area contributed by atoms with Gasteiger partial charge in [0.2, 0.25) is 12.3 Å². The highest BCUT2D eigenvalue weighted by Gasteiger charge is 2.41. The lowest BCUT2D eigenvalue weighted by Gasteiger charge is -2.31. The van der Waals surface area contributed by atoms with Crippen molar-refractivity contribution in [1.82, 2.24) is 20.4 Å². The first kappa shape index (κ1) is 9.84. The van der Waals surface area contributed by atoms with Gasteiger partial charge in [-0.05, 0) is 25.5 Å². The van der Waals surface area contributed by atoms with Crippen LogP contribution in [0.1, 0.15) is 32.2 Å². The largest absolute Gasteiger partial charge is 0.426 e. The molecule has 1 aromatic heterocycles. The van der Waals surface area contributed by atoms with Gasteiger partial charge in [-0.15, -0.1) is 10.2 Å². The molecule has 16 heavy (non-hydrogen) atoms. The zero-order chi connectivity index (χ0) is 11.1. The van der Waals surface area contributed by atoms with Crippen molar-refractivity contribution in [2.45, 2.75) is 38.5 Å². The number of fused-ring (bicyclic) bond motifs is 1. The summed E-state index contributed by atoms with van der Waals surface area (Å²) in [5.74, 6) is 1.32. The third-order valence-corrected chi connectivity index (χ3v) is 3.42. The van der Waals surface area contributed by atoms with Crippen molar-refractivity contribution in [3.05, 3.63) is 24.6 Å². The van der Waals surface area contributed by atoms with Crippen molar-refractivity contribution in [3.8, 4) is 0 Å². The Morgan fingerprint density at radius 2 is 2.38 bits per heavy atom. The third kappa shape index (κ3) is 1.43. The maximum absolute atomic E-state index is 5.33. The molecule has 1 N–H and O–H groups in total. The summed E-state index contributed by atoms with van der Waals surface area (Å²) >= 11 is 0. The summed E-state index contributed by atoms with van der Waals surface area (Å²) in [6, 6.07) is 0.497. The summed E-state index contributed by atoms with van der Waals surface area (Å²) in [7, 11) is 0. The summed E-state index contributed by atoms with van der Waals surface area (Å²) in [6.07, 6.45) is 7.31. The molecular weight excluding hydrogens is 204 g/mol. The number of hydrogen-bond acceptors (Lipinski definition) is 5. The number of nitrogens with one attached hydrogen (secondary N) is 1. The molecule has 0 saturated carbocycles. The molecule has 86 valence electrons. The van der Waals surface area contributed by atoms with E-state index in [0.29, 0.717) is 24.0 Å². The van der Waals surface area contributed by atoms with Crippen LogP contribution in [0.4, 0.5) is 0 Å². The first-order valence-electron chi connectivity index (χ1n) is 5.73. The third-order valence-electron chi connectivity index (χ3n) is 3.42. The van der Waals surface area contributed by atoms with Gasteiger partial charge in [0, 0.05) is 6.04 Å². The van der Waals surface area contributed by atoms with Crippen LogP contribution in [0.15, 0.2) is 23.1 Å². The van der Waals surface area contributed by atoms with E-state index in [4.69, 9.17) is 4.42 Å². The number of nitrogens with zero attached hydrogens (tertiary/aromatic N) is 3. The minimum absolute atomic E-state index is 0.163. The molecule has 4 unspecified atom stereocenters. The lowest BCUT2D eigenvalue weighted by atomic mass is 10.0. The fraction of sp³-hybridized carbons (Fsp3) is 0.636. The van der Waals surface area contributed by atoms with Gasteiger partial charge < -0.3 is 9.32 Å². The number of hydrogen-bond donors (Lipinski definition) is 1. The Morgan fingerprint density at radius 3 is 3.12 bits per heavy atom. The van der Waals surface area contributed by atoms with Crippen LogP contribution in [0.25, 0.3) is 0 Å². The van der Waals surface area contributed by atoms with E-state index in [1.807, 2.05) is 0 Å². The minimum Gasteiger partial charge on any atom is -0.426 e. The fourth-order valence-corrected chi connectivity index (χ4v) is 2.65. The SMILES string of the molecule is CC1C=CN2C(C1)NC(C)C2c1nnco1. The van der Waals surface area contributed by atoms with Crippen molar-refractivity contribution in [2.75, 3.05) is 0 Å².